The number of hydrogen-bond acceptors (Lipinski definition) is 3. The molecule has 0 N–H and O–H groups in total. The highest BCUT2D eigenvalue weighted by Crippen LogP contribution is 2.28. The van der Waals surface area contributed by atoms with Gasteiger partial charge in [-0.2, -0.15) is 0 Å². The minimum absolute atomic E-state index is 0.0439. The SMILES string of the molecule is C[C@H]1COc2cccnc2N(C)C1=O. The van der Waals surface area contributed by atoms with E-state index in [4.69, 9.17) is 4.74 Å². The zero-order valence-corrected chi connectivity index (χ0v) is 8.23. The third kappa shape index (κ3) is 1.32. The summed E-state index contributed by atoms with van der Waals surface area (Å²) in [5.41, 5.74) is 0. The van der Waals surface area contributed by atoms with Crippen LogP contribution < -0.4 is 9.64 Å². The highest BCUT2D eigenvalue weighted by atomic mass is 16.5. The molecule has 0 bridgehead atoms. The first kappa shape index (κ1) is 8.99. The van der Waals surface area contributed by atoms with E-state index in [0.29, 0.717) is 18.2 Å². The lowest BCUT2D eigenvalue weighted by Gasteiger charge is -2.15. The van der Waals surface area contributed by atoms with Crippen LogP contribution in [0.5, 0.6) is 5.75 Å². The minimum atomic E-state index is -0.116. The van der Waals surface area contributed by atoms with Crippen LogP contribution in [0.15, 0.2) is 18.3 Å². The first-order chi connectivity index (χ1) is 6.70. The largest absolute Gasteiger partial charge is 0.489 e. The fraction of sp³-hybridized carbons (Fsp3) is 0.400. The van der Waals surface area contributed by atoms with Crippen LogP contribution >= 0.6 is 0 Å². The van der Waals surface area contributed by atoms with Crippen LogP contribution in [0, 0.1) is 5.92 Å². The van der Waals surface area contributed by atoms with Crippen molar-refractivity contribution < 1.29 is 9.53 Å². The molecule has 0 saturated carbocycles. The predicted molar refractivity (Wildman–Crippen MR) is 52.3 cm³/mol. The molecular weight excluding hydrogens is 180 g/mol. The maximum atomic E-state index is 11.7. The lowest BCUT2D eigenvalue weighted by Crippen LogP contribution is -2.32. The van der Waals surface area contributed by atoms with Crippen LogP contribution in [0.2, 0.25) is 0 Å². The zero-order valence-electron chi connectivity index (χ0n) is 8.23. The molecule has 2 rings (SSSR count). The van der Waals surface area contributed by atoms with E-state index in [1.807, 2.05) is 13.0 Å². The third-order valence-corrected chi connectivity index (χ3v) is 2.31. The number of hydrogen-bond donors (Lipinski definition) is 0. The van der Waals surface area contributed by atoms with Gasteiger partial charge in [0.15, 0.2) is 11.6 Å². The number of carbonyl (C=O) groups excluding carboxylic acids is 1. The highest BCUT2D eigenvalue weighted by Gasteiger charge is 2.26. The lowest BCUT2D eigenvalue weighted by atomic mass is 10.2. The smallest absolute Gasteiger partial charge is 0.234 e. The average Bonchev–Trinajstić information content (AvgIpc) is 2.32. The van der Waals surface area contributed by atoms with Gasteiger partial charge in [-0.3, -0.25) is 9.69 Å². The molecule has 0 spiro atoms. The van der Waals surface area contributed by atoms with Gasteiger partial charge in [0.1, 0.15) is 0 Å². The molecule has 2 heterocycles. The molecule has 1 aromatic rings. The molecule has 1 aliphatic heterocycles. The standard InChI is InChI=1S/C10H12N2O2/c1-7-6-14-8-4-3-5-11-9(8)12(2)10(7)13/h3-5,7H,6H2,1-2H3/t7-/m0/s1. The summed E-state index contributed by atoms with van der Waals surface area (Å²) in [5, 5.41) is 0. The average molecular weight is 192 g/mol. The van der Waals surface area contributed by atoms with Gasteiger partial charge >= 0.3 is 0 Å². The predicted octanol–water partition coefficient (Wildman–Crippen LogP) is 1.07. The van der Waals surface area contributed by atoms with E-state index in [0.717, 1.165) is 0 Å². The van der Waals surface area contributed by atoms with Crippen LogP contribution in [0.25, 0.3) is 0 Å². The number of carbonyl (C=O) groups is 1. The van der Waals surface area contributed by atoms with Crippen molar-refractivity contribution in [2.75, 3.05) is 18.6 Å². The Bertz CT molecular complexity index is 365. The molecule has 1 atom stereocenters. The fourth-order valence-electron chi connectivity index (χ4n) is 1.47. The first-order valence-electron chi connectivity index (χ1n) is 4.55. The normalized spacial score (nSPS) is 21.1. The molecule has 0 saturated heterocycles. The van der Waals surface area contributed by atoms with E-state index >= 15 is 0 Å². The Kier molecular flexibility index (Phi) is 2.11. The van der Waals surface area contributed by atoms with Crippen LogP contribution in [0.3, 0.4) is 0 Å². The molecule has 0 aliphatic carbocycles. The Morgan fingerprint density at radius 1 is 1.64 bits per heavy atom. The lowest BCUT2D eigenvalue weighted by molar-refractivity contribution is -0.122. The summed E-state index contributed by atoms with van der Waals surface area (Å²) in [6.07, 6.45) is 1.65. The van der Waals surface area contributed by atoms with Crippen molar-refractivity contribution in [2.45, 2.75) is 6.92 Å². The van der Waals surface area contributed by atoms with Gasteiger partial charge in [-0.05, 0) is 12.1 Å². The van der Waals surface area contributed by atoms with Gasteiger partial charge in [0.05, 0.1) is 12.5 Å². The maximum Gasteiger partial charge on any atom is 0.234 e. The van der Waals surface area contributed by atoms with Crippen molar-refractivity contribution in [1.82, 2.24) is 4.98 Å². The molecule has 4 nitrogen and oxygen atoms in total. The van der Waals surface area contributed by atoms with E-state index < -0.39 is 0 Å². The number of aromatic nitrogens is 1. The van der Waals surface area contributed by atoms with Crippen LogP contribution in [0.1, 0.15) is 6.92 Å². The van der Waals surface area contributed by atoms with Crippen molar-refractivity contribution in [3.05, 3.63) is 18.3 Å². The molecule has 1 aromatic heterocycles. The van der Waals surface area contributed by atoms with E-state index in [-0.39, 0.29) is 11.8 Å². The zero-order chi connectivity index (χ0) is 10.1. The van der Waals surface area contributed by atoms with E-state index in [1.54, 1.807) is 24.2 Å². The molecule has 1 aliphatic rings. The molecule has 0 aromatic carbocycles. The Balaban J connectivity index is 2.45. The van der Waals surface area contributed by atoms with Gasteiger partial charge in [-0.1, -0.05) is 6.92 Å². The highest BCUT2D eigenvalue weighted by molar-refractivity contribution is 5.95. The first-order valence-corrected chi connectivity index (χ1v) is 4.55. The van der Waals surface area contributed by atoms with Gasteiger partial charge in [0, 0.05) is 13.2 Å². The molecule has 14 heavy (non-hydrogen) atoms. The molecule has 1 amide bonds. The third-order valence-electron chi connectivity index (χ3n) is 2.31. The summed E-state index contributed by atoms with van der Waals surface area (Å²) in [4.78, 5) is 17.4. The van der Waals surface area contributed by atoms with Gasteiger partial charge < -0.3 is 4.74 Å². The summed E-state index contributed by atoms with van der Waals surface area (Å²) in [7, 11) is 1.72. The summed E-state index contributed by atoms with van der Waals surface area (Å²) in [6.45, 7) is 2.27. The number of amides is 1. The second kappa shape index (κ2) is 3.29. The van der Waals surface area contributed by atoms with E-state index in [9.17, 15) is 4.79 Å². The maximum absolute atomic E-state index is 11.7. The number of ether oxygens (including phenoxy) is 1. The van der Waals surface area contributed by atoms with Crippen molar-refractivity contribution in [3.63, 3.8) is 0 Å². The monoisotopic (exact) mass is 192 g/mol. The molecule has 74 valence electrons. The van der Waals surface area contributed by atoms with E-state index in [1.165, 1.54) is 0 Å². The summed E-state index contributed by atoms with van der Waals surface area (Å²) in [6, 6.07) is 3.62. The summed E-state index contributed by atoms with van der Waals surface area (Å²) < 4.78 is 5.48. The molecule has 0 radical (unpaired) electrons. The number of anilines is 1. The molecule has 0 fully saturated rings. The number of nitrogens with zero attached hydrogens (tertiary/aromatic N) is 2. The minimum Gasteiger partial charge on any atom is -0.489 e. The van der Waals surface area contributed by atoms with E-state index in [2.05, 4.69) is 4.98 Å². The Morgan fingerprint density at radius 3 is 3.21 bits per heavy atom. The van der Waals surface area contributed by atoms with Crippen LogP contribution in [0.4, 0.5) is 5.82 Å². The van der Waals surface area contributed by atoms with Gasteiger partial charge in [0.2, 0.25) is 5.91 Å². The molecular formula is C10H12N2O2. The topological polar surface area (TPSA) is 42.4 Å². The van der Waals surface area contributed by atoms with Crippen LogP contribution in [-0.4, -0.2) is 24.5 Å². The molecule has 4 heteroatoms. The number of rotatable bonds is 0. The summed E-state index contributed by atoms with van der Waals surface area (Å²) in [5.74, 6) is 1.20. The Labute approximate surface area is 82.5 Å². The summed E-state index contributed by atoms with van der Waals surface area (Å²) >= 11 is 0. The van der Waals surface area contributed by atoms with Gasteiger partial charge in [-0.15, -0.1) is 0 Å². The quantitative estimate of drug-likeness (QED) is 0.617. The number of fused-ring (bicyclic) bond motifs is 1. The van der Waals surface area contributed by atoms with Crippen molar-refractivity contribution >= 4 is 11.7 Å². The second-order valence-corrected chi connectivity index (χ2v) is 3.43. The number of pyridine rings is 1. The fourth-order valence-corrected chi connectivity index (χ4v) is 1.47. The molecule has 0 unspecified atom stereocenters. The Hall–Kier alpha value is -1.58. The van der Waals surface area contributed by atoms with Crippen molar-refractivity contribution in [1.29, 1.82) is 0 Å². The second-order valence-electron chi connectivity index (χ2n) is 3.43. The Morgan fingerprint density at radius 2 is 2.43 bits per heavy atom. The van der Waals surface area contributed by atoms with Gasteiger partial charge in [0.25, 0.3) is 0 Å². The van der Waals surface area contributed by atoms with Crippen LogP contribution in [-0.2, 0) is 4.79 Å². The van der Waals surface area contributed by atoms with Crippen molar-refractivity contribution in [2.24, 2.45) is 5.92 Å². The van der Waals surface area contributed by atoms with Gasteiger partial charge in [-0.25, -0.2) is 4.98 Å². The van der Waals surface area contributed by atoms with Crippen molar-refractivity contribution in [3.8, 4) is 5.75 Å².